The molecule has 0 aromatic carbocycles. The van der Waals surface area contributed by atoms with E-state index < -0.39 is 6.61 Å². The number of halogens is 2. The molecule has 194 valence electrons. The van der Waals surface area contributed by atoms with E-state index >= 15 is 0 Å². The Morgan fingerprint density at radius 1 is 1.19 bits per heavy atom. The molecule has 1 amide bonds. The highest BCUT2D eigenvalue weighted by molar-refractivity contribution is 5.78. The molecule has 1 aliphatic heterocycles. The first-order valence-corrected chi connectivity index (χ1v) is 12.4. The Bertz CT molecular complexity index is 1250. The third-order valence-corrected chi connectivity index (χ3v) is 7.16. The average molecular weight is 510 g/mol. The van der Waals surface area contributed by atoms with E-state index in [0.717, 1.165) is 56.6 Å². The van der Waals surface area contributed by atoms with Gasteiger partial charge in [-0.2, -0.15) is 8.78 Å². The van der Waals surface area contributed by atoms with Crippen LogP contribution in [0.5, 0.6) is 5.75 Å². The number of pyridine rings is 2. The molecule has 2 unspecified atom stereocenters. The van der Waals surface area contributed by atoms with Crippen molar-refractivity contribution in [1.82, 2.24) is 25.3 Å². The van der Waals surface area contributed by atoms with Crippen molar-refractivity contribution in [2.75, 3.05) is 30.4 Å². The predicted molar refractivity (Wildman–Crippen MR) is 135 cm³/mol. The molecule has 1 aliphatic carbocycles. The van der Waals surface area contributed by atoms with Gasteiger partial charge >= 0.3 is 6.61 Å². The molecule has 2 aliphatic rings. The highest BCUT2D eigenvalue weighted by atomic mass is 19.3. The fraction of sp³-hybridized carbons (Fsp3) is 0.423. The molecule has 11 heteroatoms. The maximum absolute atomic E-state index is 12.7. The van der Waals surface area contributed by atoms with Crippen molar-refractivity contribution in [2.45, 2.75) is 38.7 Å². The zero-order valence-corrected chi connectivity index (χ0v) is 20.5. The molecule has 2 fully saturated rings. The summed E-state index contributed by atoms with van der Waals surface area (Å²) < 4.78 is 29.8. The third kappa shape index (κ3) is 5.76. The van der Waals surface area contributed by atoms with E-state index in [1.54, 1.807) is 19.4 Å². The minimum atomic E-state index is -2.93. The number of carbonyl (C=O) groups is 1. The number of nitrogens with zero attached hydrogens (tertiary/aromatic N) is 5. The van der Waals surface area contributed by atoms with Crippen molar-refractivity contribution >= 4 is 23.4 Å². The van der Waals surface area contributed by atoms with Crippen LogP contribution in [0.1, 0.15) is 32.1 Å². The summed E-state index contributed by atoms with van der Waals surface area (Å²) in [7, 11) is 1.70. The standard InChI is InChI=1S/C26H29F2N7O2/c1-29-24(36)17-4-2-7-26(14-17)8-11-35(16-26)22-13-21(33-23(34-22)18-5-3-9-30-15-18)32-20-12-19(6-10-31-20)37-25(27)28/h3,5-6,9-10,12-13,15,17,25H,2,4,7-8,11,14,16H2,1H3,(H,29,36)(H,31,32,33,34). The largest absolute Gasteiger partial charge is 0.435 e. The third-order valence-electron chi connectivity index (χ3n) is 7.16. The molecule has 2 atom stereocenters. The van der Waals surface area contributed by atoms with Crippen molar-refractivity contribution in [1.29, 1.82) is 0 Å². The van der Waals surface area contributed by atoms with Crippen molar-refractivity contribution < 1.29 is 18.3 Å². The van der Waals surface area contributed by atoms with Crippen LogP contribution >= 0.6 is 0 Å². The molecular weight excluding hydrogens is 480 g/mol. The lowest BCUT2D eigenvalue weighted by atomic mass is 9.69. The summed E-state index contributed by atoms with van der Waals surface area (Å²) in [5, 5.41) is 5.92. The number of ether oxygens (including phenoxy) is 1. The number of alkyl halides is 2. The van der Waals surface area contributed by atoms with Gasteiger partial charge in [-0.1, -0.05) is 6.42 Å². The molecular formula is C26H29F2N7O2. The number of anilines is 3. The van der Waals surface area contributed by atoms with E-state index in [0.29, 0.717) is 17.5 Å². The number of amides is 1. The molecule has 1 spiro atoms. The number of hydrogen-bond acceptors (Lipinski definition) is 8. The van der Waals surface area contributed by atoms with Gasteiger partial charge in [0.05, 0.1) is 0 Å². The van der Waals surface area contributed by atoms with Gasteiger partial charge in [-0.15, -0.1) is 0 Å². The van der Waals surface area contributed by atoms with Crippen molar-refractivity contribution in [3.05, 3.63) is 48.9 Å². The summed E-state index contributed by atoms with van der Waals surface area (Å²) in [6, 6.07) is 8.29. The Morgan fingerprint density at radius 2 is 2.08 bits per heavy atom. The fourth-order valence-corrected chi connectivity index (χ4v) is 5.45. The van der Waals surface area contributed by atoms with Crippen LogP contribution in [0.15, 0.2) is 48.9 Å². The minimum Gasteiger partial charge on any atom is -0.435 e. The monoisotopic (exact) mass is 509 g/mol. The van der Waals surface area contributed by atoms with Gasteiger partial charge in [-0.05, 0) is 49.3 Å². The Balaban J connectivity index is 1.43. The van der Waals surface area contributed by atoms with Crippen LogP contribution in [-0.4, -0.2) is 52.6 Å². The van der Waals surface area contributed by atoms with E-state index in [-0.39, 0.29) is 23.0 Å². The van der Waals surface area contributed by atoms with E-state index in [1.165, 1.54) is 18.3 Å². The molecule has 0 radical (unpaired) electrons. The minimum absolute atomic E-state index is 0.00119. The second kappa shape index (κ2) is 10.6. The molecule has 4 heterocycles. The summed E-state index contributed by atoms with van der Waals surface area (Å²) in [5.41, 5.74) is 0.826. The lowest BCUT2D eigenvalue weighted by molar-refractivity contribution is -0.126. The highest BCUT2D eigenvalue weighted by Crippen LogP contribution is 2.47. The zero-order chi connectivity index (χ0) is 25.8. The number of hydrogen-bond donors (Lipinski definition) is 2. The topological polar surface area (TPSA) is 105 Å². The van der Waals surface area contributed by atoms with Crippen molar-refractivity contribution in [2.24, 2.45) is 11.3 Å². The summed E-state index contributed by atoms with van der Waals surface area (Å²) in [4.78, 5) is 32.5. The molecule has 37 heavy (non-hydrogen) atoms. The number of rotatable bonds is 7. The SMILES string of the molecule is CNC(=O)C1CCCC2(CCN(c3cc(Nc4cc(OC(F)F)ccn4)nc(-c4cccnc4)n3)C2)C1. The van der Waals surface area contributed by atoms with Gasteiger partial charge in [0, 0.05) is 62.3 Å². The first-order chi connectivity index (χ1) is 17.9. The van der Waals surface area contributed by atoms with Crippen LogP contribution < -0.4 is 20.3 Å². The Labute approximate surface area is 213 Å². The first kappa shape index (κ1) is 24.8. The molecule has 3 aromatic heterocycles. The second-order valence-electron chi connectivity index (χ2n) is 9.64. The van der Waals surface area contributed by atoms with Gasteiger partial charge in [0.2, 0.25) is 5.91 Å². The molecule has 0 bridgehead atoms. The van der Waals surface area contributed by atoms with Gasteiger partial charge in [0.1, 0.15) is 23.2 Å². The number of carbonyl (C=O) groups excluding carboxylic acids is 1. The van der Waals surface area contributed by atoms with Crippen LogP contribution in [0.4, 0.5) is 26.2 Å². The Kier molecular flexibility index (Phi) is 7.11. The van der Waals surface area contributed by atoms with E-state index in [4.69, 9.17) is 4.98 Å². The molecule has 9 nitrogen and oxygen atoms in total. The highest BCUT2D eigenvalue weighted by Gasteiger charge is 2.43. The number of aromatic nitrogens is 4. The van der Waals surface area contributed by atoms with Crippen molar-refractivity contribution in [3.63, 3.8) is 0 Å². The van der Waals surface area contributed by atoms with Gasteiger partial charge in [0.15, 0.2) is 5.82 Å². The first-order valence-electron chi connectivity index (χ1n) is 12.4. The second-order valence-corrected chi connectivity index (χ2v) is 9.64. The molecule has 3 aromatic rings. The van der Waals surface area contributed by atoms with Crippen LogP contribution in [0.25, 0.3) is 11.4 Å². The zero-order valence-electron chi connectivity index (χ0n) is 20.5. The van der Waals surface area contributed by atoms with Crippen LogP contribution in [0.2, 0.25) is 0 Å². The number of nitrogens with one attached hydrogen (secondary N) is 2. The molecule has 1 saturated heterocycles. The molecule has 1 saturated carbocycles. The van der Waals surface area contributed by atoms with Gasteiger partial charge in [-0.25, -0.2) is 15.0 Å². The van der Waals surface area contributed by atoms with Gasteiger partial charge < -0.3 is 20.3 Å². The summed E-state index contributed by atoms with van der Waals surface area (Å²) in [6.07, 6.45) is 9.67. The summed E-state index contributed by atoms with van der Waals surface area (Å²) >= 11 is 0. The van der Waals surface area contributed by atoms with Gasteiger partial charge in [-0.3, -0.25) is 9.78 Å². The summed E-state index contributed by atoms with van der Waals surface area (Å²) in [6.45, 7) is -1.30. The smallest absolute Gasteiger partial charge is 0.387 e. The lowest BCUT2D eigenvalue weighted by Crippen LogP contribution is -2.38. The van der Waals surface area contributed by atoms with Crippen molar-refractivity contribution in [3.8, 4) is 17.1 Å². The van der Waals surface area contributed by atoms with Crippen LogP contribution in [0.3, 0.4) is 0 Å². The maximum Gasteiger partial charge on any atom is 0.387 e. The maximum atomic E-state index is 12.7. The quantitative estimate of drug-likeness (QED) is 0.483. The Morgan fingerprint density at radius 3 is 2.86 bits per heavy atom. The Hall–Kier alpha value is -3.89. The summed E-state index contributed by atoms with van der Waals surface area (Å²) in [5.74, 6) is 2.18. The van der Waals surface area contributed by atoms with Crippen LogP contribution in [-0.2, 0) is 4.79 Å². The van der Waals surface area contributed by atoms with Crippen LogP contribution in [0, 0.1) is 11.3 Å². The fourth-order valence-electron chi connectivity index (χ4n) is 5.45. The molecule has 2 N–H and O–H groups in total. The van der Waals surface area contributed by atoms with E-state index in [9.17, 15) is 13.6 Å². The normalized spacial score (nSPS) is 21.3. The van der Waals surface area contributed by atoms with E-state index in [2.05, 4.69) is 35.2 Å². The van der Waals surface area contributed by atoms with Gasteiger partial charge in [0.25, 0.3) is 0 Å². The average Bonchev–Trinajstić information content (AvgIpc) is 3.31. The molecule has 5 rings (SSSR count). The van der Waals surface area contributed by atoms with E-state index in [1.807, 2.05) is 18.2 Å². The lowest BCUT2D eigenvalue weighted by Gasteiger charge is -2.37. The predicted octanol–water partition coefficient (Wildman–Crippen LogP) is 4.41.